The van der Waals surface area contributed by atoms with Crippen LogP contribution in [0.4, 0.5) is 18.0 Å². The predicted octanol–water partition coefficient (Wildman–Crippen LogP) is 3.52. The maximum atomic E-state index is 13.0. The monoisotopic (exact) mass is 362 g/mol. The highest BCUT2D eigenvalue weighted by Crippen LogP contribution is 2.34. The summed E-state index contributed by atoms with van der Waals surface area (Å²) in [6, 6.07) is 0. The van der Waals surface area contributed by atoms with Gasteiger partial charge in [0.05, 0.1) is 5.54 Å². The minimum absolute atomic E-state index is 0.0350. The topological polar surface area (TPSA) is 49.9 Å². The second-order valence-corrected chi connectivity index (χ2v) is 7.07. The molecule has 0 unspecified atom stereocenters. The van der Waals surface area contributed by atoms with Gasteiger partial charge in [-0.05, 0) is 33.6 Å². The number of hydrogen-bond acceptors (Lipinski definition) is 3. The van der Waals surface area contributed by atoms with Gasteiger partial charge in [0.25, 0.3) is 0 Å². The van der Waals surface area contributed by atoms with Gasteiger partial charge in [-0.1, -0.05) is 12.2 Å². The Morgan fingerprint density at radius 1 is 1.12 bits per heavy atom. The van der Waals surface area contributed by atoms with E-state index < -0.39 is 29.3 Å². The molecule has 0 bridgehead atoms. The van der Waals surface area contributed by atoms with Crippen LogP contribution < -0.4 is 0 Å². The highest BCUT2D eigenvalue weighted by Gasteiger charge is 2.52. The maximum absolute atomic E-state index is 13.0. The van der Waals surface area contributed by atoms with E-state index in [2.05, 4.69) is 13.2 Å². The van der Waals surface area contributed by atoms with Crippen molar-refractivity contribution in [1.29, 1.82) is 0 Å². The molecule has 0 aromatic carbocycles. The number of amides is 2. The zero-order valence-electron chi connectivity index (χ0n) is 14.9. The number of piperazine rings is 1. The molecular formula is C17H25F3N2O3. The molecule has 0 aromatic heterocycles. The molecule has 8 heteroatoms. The van der Waals surface area contributed by atoms with E-state index >= 15 is 0 Å². The fourth-order valence-corrected chi connectivity index (χ4v) is 2.90. The van der Waals surface area contributed by atoms with Crippen LogP contribution in [0.3, 0.4) is 0 Å². The summed E-state index contributed by atoms with van der Waals surface area (Å²) in [7, 11) is 0. The van der Waals surface area contributed by atoms with E-state index in [1.807, 2.05) is 0 Å². The number of carbonyl (C=O) groups excluding carboxylic acids is 2. The summed E-state index contributed by atoms with van der Waals surface area (Å²) in [5.74, 6) is -1.92. The molecule has 1 rings (SSSR count). The van der Waals surface area contributed by atoms with Crippen LogP contribution in [0.15, 0.2) is 25.3 Å². The first-order chi connectivity index (χ1) is 11.4. The summed E-state index contributed by atoms with van der Waals surface area (Å²) in [5, 5.41) is 0. The molecule has 0 N–H and O–H groups in total. The Labute approximate surface area is 146 Å². The molecule has 142 valence electrons. The zero-order chi connectivity index (χ0) is 19.5. The van der Waals surface area contributed by atoms with Gasteiger partial charge in [0.2, 0.25) is 0 Å². The molecule has 25 heavy (non-hydrogen) atoms. The molecule has 1 heterocycles. The lowest BCUT2D eigenvalue weighted by Gasteiger charge is -2.50. The average Bonchev–Trinajstić information content (AvgIpc) is 2.44. The van der Waals surface area contributed by atoms with Crippen LogP contribution in [0.2, 0.25) is 0 Å². The lowest BCUT2D eigenvalue weighted by Crippen LogP contribution is -2.66. The predicted molar refractivity (Wildman–Crippen MR) is 87.9 cm³/mol. The minimum Gasteiger partial charge on any atom is -0.444 e. The molecule has 0 spiro atoms. The van der Waals surface area contributed by atoms with Gasteiger partial charge in [0.15, 0.2) is 0 Å². The summed E-state index contributed by atoms with van der Waals surface area (Å²) in [6.07, 6.45) is -2.52. The largest absolute Gasteiger partial charge is 0.471 e. The van der Waals surface area contributed by atoms with Crippen LogP contribution in [-0.2, 0) is 9.53 Å². The van der Waals surface area contributed by atoms with Gasteiger partial charge in [-0.25, -0.2) is 4.79 Å². The van der Waals surface area contributed by atoms with Crippen LogP contribution in [0.5, 0.6) is 0 Å². The second-order valence-electron chi connectivity index (χ2n) is 7.07. The highest BCUT2D eigenvalue weighted by atomic mass is 19.4. The minimum atomic E-state index is -4.98. The molecule has 0 atom stereocenters. The van der Waals surface area contributed by atoms with Crippen LogP contribution >= 0.6 is 0 Å². The highest BCUT2D eigenvalue weighted by molar-refractivity contribution is 5.83. The SMILES string of the molecule is C=CCC1(CC=C)CN(C(=O)OC(C)(C)C)CCN1C(=O)C(F)(F)F. The van der Waals surface area contributed by atoms with E-state index in [-0.39, 0.29) is 32.5 Å². The summed E-state index contributed by atoms with van der Waals surface area (Å²) < 4.78 is 44.3. The van der Waals surface area contributed by atoms with Crippen molar-refractivity contribution in [3.8, 4) is 0 Å². The lowest BCUT2D eigenvalue weighted by atomic mass is 9.86. The van der Waals surface area contributed by atoms with Crippen LogP contribution in [0, 0.1) is 0 Å². The number of hydrogen-bond donors (Lipinski definition) is 0. The molecule has 0 saturated carbocycles. The molecule has 1 aliphatic rings. The number of nitrogens with zero attached hydrogens (tertiary/aromatic N) is 2. The fraction of sp³-hybridized carbons (Fsp3) is 0.647. The zero-order valence-corrected chi connectivity index (χ0v) is 14.9. The Balaban J connectivity index is 3.16. The van der Waals surface area contributed by atoms with Crippen molar-refractivity contribution in [1.82, 2.24) is 9.80 Å². The van der Waals surface area contributed by atoms with E-state index in [1.54, 1.807) is 20.8 Å². The van der Waals surface area contributed by atoms with Gasteiger partial charge < -0.3 is 14.5 Å². The summed E-state index contributed by atoms with van der Waals surface area (Å²) >= 11 is 0. The second kappa shape index (κ2) is 7.49. The van der Waals surface area contributed by atoms with Gasteiger partial charge in [-0.3, -0.25) is 4.79 Å². The standard InChI is InChI=1S/C17H25F3N2O3/c1-6-8-16(9-7-2)12-21(14(24)25-15(3,4)5)10-11-22(16)13(23)17(18,19)20/h6-7H,1-2,8-12H2,3-5H3. The van der Waals surface area contributed by atoms with Crippen molar-refractivity contribution < 1.29 is 27.5 Å². The van der Waals surface area contributed by atoms with Crippen molar-refractivity contribution in [2.75, 3.05) is 19.6 Å². The van der Waals surface area contributed by atoms with Crippen LogP contribution in [0.1, 0.15) is 33.6 Å². The van der Waals surface area contributed by atoms with Crippen LogP contribution in [0.25, 0.3) is 0 Å². The molecular weight excluding hydrogens is 337 g/mol. The lowest BCUT2D eigenvalue weighted by molar-refractivity contribution is -0.195. The molecule has 0 aliphatic carbocycles. The fourth-order valence-electron chi connectivity index (χ4n) is 2.90. The number of halogens is 3. The van der Waals surface area contributed by atoms with E-state index in [4.69, 9.17) is 4.74 Å². The third-order valence-corrected chi connectivity index (χ3v) is 3.84. The third-order valence-electron chi connectivity index (χ3n) is 3.84. The van der Waals surface area contributed by atoms with E-state index in [9.17, 15) is 22.8 Å². The Morgan fingerprint density at radius 3 is 2.04 bits per heavy atom. The summed E-state index contributed by atoms with van der Waals surface area (Å²) in [5.41, 5.74) is -1.97. The maximum Gasteiger partial charge on any atom is 0.471 e. The number of alkyl halides is 3. The summed E-state index contributed by atoms with van der Waals surface area (Å²) in [6.45, 7) is 11.9. The van der Waals surface area contributed by atoms with Crippen molar-refractivity contribution in [2.45, 2.75) is 50.9 Å². The molecule has 0 radical (unpaired) electrons. The van der Waals surface area contributed by atoms with Gasteiger partial charge in [0, 0.05) is 19.6 Å². The van der Waals surface area contributed by atoms with Crippen molar-refractivity contribution in [3.05, 3.63) is 25.3 Å². The number of carbonyl (C=O) groups is 2. The molecule has 1 fully saturated rings. The first kappa shape index (κ1) is 21.1. The van der Waals surface area contributed by atoms with Gasteiger partial charge >= 0.3 is 18.2 Å². The van der Waals surface area contributed by atoms with Gasteiger partial charge in [-0.15, -0.1) is 13.2 Å². The Hall–Kier alpha value is -1.99. The number of ether oxygens (including phenoxy) is 1. The van der Waals surface area contributed by atoms with Crippen molar-refractivity contribution in [3.63, 3.8) is 0 Å². The number of rotatable bonds is 4. The smallest absolute Gasteiger partial charge is 0.444 e. The molecule has 1 saturated heterocycles. The van der Waals surface area contributed by atoms with Gasteiger partial charge in [-0.2, -0.15) is 13.2 Å². The quantitative estimate of drug-likeness (QED) is 0.719. The Kier molecular flexibility index (Phi) is 6.31. The van der Waals surface area contributed by atoms with Crippen molar-refractivity contribution >= 4 is 12.0 Å². The Bertz CT molecular complexity index is 528. The summed E-state index contributed by atoms with van der Waals surface area (Å²) in [4.78, 5) is 26.3. The van der Waals surface area contributed by atoms with E-state index in [1.165, 1.54) is 17.1 Å². The first-order valence-corrected chi connectivity index (χ1v) is 7.95. The van der Waals surface area contributed by atoms with E-state index in [0.717, 1.165) is 4.90 Å². The Morgan fingerprint density at radius 2 is 1.64 bits per heavy atom. The molecule has 5 nitrogen and oxygen atoms in total. The molecule has 2 amide bonds. The van der Waals surface area contributed by atoms with Crippen LogP contribution in [-0.4, -0.2) is 58.8 Å². The van der Waals surface area contributed by atoms with Gasteiger partial charge in [0.1, 0.15) is 5.60 Å². The molecule has 0 aromatic rings. The third kappa shape index (κ3) is 5.24. The molecule has 1 aliphatic heterocycles. The average molecular weight is 362 g/mol. The van der Waals surface area contributed by atoms with E-state index in [0.29, 0.717) is 0 Å². The normalized spacial score (nSPS) is 17.8. The first-order valence-electron chi connectivity index (χ1n) is 7.95. The van der Waals surface area contributed by atoms with Crippen molar-refractivity contribution in [2.24, 2.45) is 0 Å².